The second-order valence-electron chi connectivity index (χ2n) is 5.10. The molecule has 0 spiro atoms. The molecule has 0 bridgehead atoms. The van der Waals surface area contributed by atoms with Gasteiger partial charge in [0.2, 0.25) is 5.95 Å². The van der Waals surface area contributed by atoms with Crippen LogP contribution in [0, 0.1) is 17.8 Å². The van der Waals surface area contributed by atoms with Crippen molar-refractivity contribution in [3.8, 4) is 0 Å². The van der Waals surface area contributed by atoms with Gasteiger partial charge in [0.05, 0.1) is 0 Å². The highest BCUT2D eigenvalue weighted by Gasteiger charge is 2.23. The summed E-state index contributed by atoms with van der Waals surface area (Å²) in [4.78, 5) is 3.84. The van der Waals surface area contributed by atoms with Crippen LogP contribution in [0.5, 0.6) is 0 Å². The summed E-state index contributed by atoms with van der Waals surface area (Å²) in [6.07, 6.45) is 3.61. The fourth-order valence-corrected chi connectivity index (χ4v) is 2.76. The molecule has 1 saturated carbocycles. The normalized spacial score (nSPS) is 30.1. The van der Waals surface area contributed by atoms with E-state index in [-0.39, 0.29) is 0 Å². The maximum Gasteiger partial charge on any atom is 0.214 e. The van der Waals surface area contributed by atoms with Crippen molar-refractivity contribution in [1.82, 2.24) is 4.98 Å². The molecule has 1 aliphatic rings. The Bertz CT molecular complexity index is 344. The lowest BCUT2D eigenvalue weighted by atomic mass is 9.80. The monoisotopic (exact) mass is 222 g/mol. The zero-order valence-electron chi connectivity index (χ0n) is 9.91. The van der Waals surface area contributed by atoms with E-state index in [1.807, 2.05) is 6.07 Å². The van der Waals surface area contributed by atoms with E-state index in [4.69, 9.17) is 0 Å². The molecule has 2 atom stereocenters. The van der Waals surface area contributed by atoms with Gasteiger partial charge in [-0.15, -0.1) is 0 Å². The molecule has 0 amide bonds. The summed E-state index contributed by atoms with van der Waals surface area (Å²) < 4.78 is 12.9. The van der Waals surface area contributed by atoms with Crippen molar-refractivity contribution in [3.63, 3.8) is 0 Å². The van der Waals surface area contributed by atoms with E-state index < -0.39 is 5.95 Å². The molecule has 1 fully saturated rings. The number of nitrogens with zero attached hydrogens (tertiary/aromatic N) is 1. The van der Waals surface area contributed by atoms with E-state index in [1.54, 1.807) is 6.07 Å². The minimum atomic E-state index is -0.415. The summed E-state index contributed by atoms with van der Waals surface area (Å²) in [5.74, 6) is 1.73. The van der Waals surface area contributed by atoms with Gasteiger partial charge in [-0.05, 0) is 43.2 Å². The van der Waals surface area contributed by atoms with Crippen molar-refractivity contribution in [2.75, 3.05) is 5.32 Å². The topological polar surface area (TPSA) is 24.9 Å². The molecule has 16 heavy (non-hydrogen) atoms. The van der Waals surface area contributed by atoms with Gasteiger partial charge in [-0.1, -0.05) is 19.9 Å². The largest absolute Gasteiger partial charge is 0.367 e. The molecular weight excluding hydrogens is 203 g/mol. The molecule has 0 aromatic carbocycles. The smallest absolute Gasteiger partial charge is 0.214 e. The zero-order chi connectivity index (χ0) is 11.5. The lowest BCUT2D eigenvalue weighted by molar-refractivity contribution is 0.280. The van der Waals surface area contributed by atoms with Crippen LogP contribution in [0.3, 0.4) is 0 Å². The van der Waals surface area contributed by atoms with Gasteiger partial charge in [-0.2, -0.15) is 4.39 Å². The summed E-state index contributed by atoms with van der Waals surface area (Å²) >= 11 is 0. The minimum absolute atomic E-state index is 0.415. The molecule has 1 N–H and O–H groups in total. The number of nitrogens with one attached hydrogen (secondary N) is 1. The van der Waals surface area contributed by atoms with Gasteiger partial charge >= 0.3 is 0 Å². The van der Waals surface area contributed by atoms with E-state index in [1.165, 1.54) is 12.5 Å². The van der Waals surface area contributed by atoms with Gasteiger partial charge in [0.25, 0.3) is 0 Å². The van der Waals surface area contributed by atoms with E-state index in [2.05, 4.69) is 24.1 Å². The maximum absolute atomic E-state index is 12.9. The third kappa shape index (κ3) is 2.94. The molecule has 2 rings (SSSR count). The van der Waals surface area contributed by atoms with Crippen molar-refractivity contribution < 1.29 is 4.39 Å². The van der Waals surface area contributed by atoms with Gasteiger partial charge in [-0.3, -0.25) is 0 Å². The van der Waals surface area contributed by atoms with E-state index in [0.29, 0.717) is 11.9 Å². The molecule has 1 heterocycles. The lowest BCUT2D eigenvalue weighted by Gasteiger charge is -2.32. The van der Waals surface area contributed by atoms with Crippen molar-refractivity contribution in [1.29, 1.82) is 0 Å². The van der Waals surface area contributed by atoms with Gasteiger partial charge in [-0.25, -0.2) is 4.98 Å². The first-order valence-corrected chi connectivity index (χ1v) is 6.02. The predicted octanol–water partition coefficient (Wildman–Crippen LogP) is 3.46. The van der Waals surface area contributed by atoms with Gasteiger partial charge in [0.15, 0.2) is 0 Å². The molecule has 0 saturated heterocycles. The fourth-order valence-electron chi connectivity index (χ4n) is 2.76. The fraction of sp³-hybridized carbons (Fsp3) is 0.615. The summed E-state index contributed by atoms with van der Waals surface area (Å²) in [6, 6.07) is 5.33. The van der Waals surface area contributed by atoms with Crippen LogP contribution in [0.25, 0.3) is 0 Å². The Morgan fingerprint density at radius 2 is 1.88 bits per heavy atom. The summed E-state index contributed by atoms with van der Waals surface area (Å²) in [5.41, 5.74) is 0. The molecule has 2 nitrogen and oxygen atoms in total. The van der Waals surface area contributed by atoms with Crippen molar-refractivity contribution in [2.45, 2.75) is 39.2 Å². The van der Waals surface area contributed by atoms with E-state index in [9.17, 15) is 4.39 Å². The molecule has 1 aromatic rings. The van der Waals surface area contributed by atoms with Crippen LogP contribution in [-0.4, -0.2) is 11.0 Å². The van der Waals surface area contributed by atoms with Gasteiger partial charge in [0, 0.05) is 6.04 Å². The van der Waals surface area contributed by atoms with Gasteiger partial charge < -0.3 is 5.32 Å². The first-order chi connectivity index (χ1) is 7.63. The zero-order valence-corrected chi connectivity index (χ0v) is 9.91. The number of hydrogen-bond donors (Lipinski definition) is 1. The summed E-state index contributed by atoms with van der Waals surface area (Å²) in [7, 11) is 0. The van der Waals surface area contributed by atoms with Crippen LogP contribution < -0.4 is 5.32 Å². The third-order valence-electron chi connectivity index (χ3n) is 3.25. The number of halogens is 1. The number of aromatic nitrogens is 1. The highest BCUT2D eigenvalue weighted by Crippen LogP contribution is 2.30. The second-order valence-corrected chi connectivity index (χ2v) is 5.10. The van der Waals surface area contributed by atoms with E-state index in [0.717, 1.165) is 24.7 Å². The average molecular weight is 222 g/mol. The van der Waals surface area contributed by atoms with Crippen LogP contribution in [-0.2, 0) is 0 Å². The quantitative estimate of drug-likeness (QED) is 0.775. The van der Waals surface area contributed by atoms with Crippen molar-refractivity contribution >= 4 is 5.82 Å². The maximum atomic E-state index is 12.9. The number of anilines is 1. The molecule has 88 valence electrons. The van der Waals surface area contributed by atoms with Crippen LogP contribution in [0.4, 0.5) is 10.2 Å². The summed E-state index contributed by atoms with van der Waals surface area (Å²) in [5, 5.41) is 3.33. The Morgan fingerprint density at radius 3 is 2.50 bits per heavy atom. The molecular formula is C13H19FN2. The van der Waals surface area contributed by atoms with Crippen LogP contribution in [0.15, 0.2) is 18.2 Å². The minimum Gasteiger partial charge on any atom is -0.367 e. The first-order valence-electron chi connectivity index (χ1n) is 6.02. The van der Waals surface area contributed by atoms with Gasteiger partial charge in [0.1, 0.15) is 5.82 Å². The van der Waals surface area contributed by atoms with Crippen molar-refractivity contribution in [2.24, 2.45) is 11.8 Å². The average Bonchev–Trinajstić information content (AvgIpc) is 2.15. The number of hydrogen-bond acceptors (Lipinski definition) is 2. The standard InChI is InChI=1S/C13H19FN2/c1-9-6-10(2)8-11(7-9)15-13-5-3-4-12(14)16-13/h3-5,9-11H,6-8H2,1-2H3,(H,15,16). The number of rotatable bonds is 2. The Balaban J connectivity index is 1.98. The summed E-state index contributed by atoms with van der Waals surface area (Å²) in [6.45, 7) is 4.56. The Kier molecular flexibility index (Phi) is 3.42. The Hall–Kier alpha value is -1.12. The predicted molar refractivity (Wildman–Crippen MR) is 63.8 cm³/mol. The third-order valence-corrected chi connectivity index (χ3v) is 3.25. The molecule has 0 aliphatic heterocycles. The second kappa shape index (κ2) is 4.81. The van der Waals surface area contributed by atoms with Crippen molar-refractivity contribution in [3.05, 3.63) is 24.1 Å². The number of pyridine rings is 1. The van der Waals surface area contributed by atoms with Crippen LogP contribution >= 0.6 is 0 Å². The van der Waals surface area contributed by atoms with E-state index >= 15 is 0 Å². The highest BCUT2D eigenvalue weighted by molar-refractivity contribution is 5.34. The highest BCUT2D eigenvalue weighted by atomic mass is 19.1. The SMILES string of the molecule is CC1CC(C)CC(Nc2cccc(F)n2)C1. The van der Waals surface area contributed by atoms with Crippen LogP contribution in [0.1, 0.15) is 33.1 Å². The molecule has 1 aromatic heterocycles. The van der Waals surface area contributed by atoms with Crippen LogP contribution in [0.2, 0.25) is 0 Å². The molecule has 3 heteroatoms. The molecule has 2 unspecified atom stereocenters. The first kappa shape index (κ1) is 11.4. The lowest BCUT2D eigenvalue weighted by Crippen LogP contribution is -2.30. The Labute approximate surface area is 96.3 Å². The molecule has 0 radical (unpaired) electrons. The molecule has 1 aliphatic carbocycles. The Morgan fingerprint density at radius 1 is 1.19 bits per heavy atom.